The van der Waals surface area contributed by atoms with Gasteiger partial charge in [-0.1, -0.05) is 34.6 Å². The highest BCUT2D eigenvalue weighted by Gasteiger charge is 2.25. The lowest BCUT2D eigenvalue weighted by molar-refractivity contribution is -0.155. The maximum atomic E-state index is 10.8. The van der Waals surface area contributed by atoms with E-state index in [1.54, 1.807) is 0 Å². The smallest absolute Gasteiger partial charge is 0.306 e. The Bertz CT molecular complexity index is 260. The number of cyclic esters (lactones) is 1. The van der Waals surface area contributed by atoms with Gasteiger partial charge in [0.15, 0.2) is 0 Å². The van der Waals surface area contributed by atoms with Crippen LogP contribution in [0.5, 0.6) is 0 Å². The molecule has 0 saturated carbocycles. The molecule has 140 valence electrons. The second kappa shape index (κ2) is 19.1. The van der Waals surface area contributed by atoms with Gasteiger partial charge in [-0.15, -0.1) is 0 Å². The van der Waals surface area contributed by atoms with Crippen LogP contribution in [0, 0.1) is 11.8 Å². The molecule has 0 radical (unpaired) electrons. The van der Waals surface area contributed by atoms with Crippen LogP contribution in [0.25, 0.3) is 0 Å². The van der Waals surface area contributed by atoms with Crippen molar-refractivity contribution >= 4 is 12.3 Å². The van der Waals surface area contributed by atoms with E-state index in [1.165, 1.54) is 0 Å². The standard InChI is InChI=1S/C8H12O3.C5H10O.2C2H6.CH4O/c1-6-4-7(2-3-9)5-8(10)11-6;1-4-3-6-5(4)2;3*1-2/h3,6-7H,2,4-5H2,1H3;4-5H,3H2,1-2H3;2*1-2H3;2H,1H3. The third-order valence-electron chi connectivity index (χ3n) is 3.31. The molecular weight excluding hydrogens is 296 g/mol. The lowest BCUT2D eigenvalue weighted by Crippen LogP contribution is -2.34. The minimum Gasteiger partial charge on any atom is -0.463 e. The zero-order valence-corrected chi connectivity index (χ0v) is 16.3. The Morgan fingerprint density at radius 2 is 1.61 bits per heavy atom. The normalized spacial score (nSPS) is 27.4. The fraction of sp³-hybridized carbons (Fsp3) is 0.889. The summed E-state index contributed by atoms with van der Waals surface area (Å²) in [4.78, 5) is 21.0. The molecule has 0 aromatic heterocycles. The summed E-state index contributed by atoms with van der Waals surface area (Å²) in [6.07, 6.45) is 3.11. The van der Waals surface area contributed by atoms with E-state index < -0.39 is 0 Å². The summed E-state index contributed by atoms with van der Waals surface area (Å²) in [7, 11) is 1.00. The van der Waals surface area contributed by atoms with Gasteiger partial charge in [-0.2, -0.15) is 0 Å². The summed E-state index contributed by atoms with van der Waals surface area (Å²) in [5, 5.41) is 7.00. The van der Waals surface area contributed by atoms with E-state index in [2.05, 4.69) is 13.8 Å². The Morgan fingerprint density at radius 3 is 1.87 bits per heavy atom. The Hall–Kier alpha value is -0.940. The van der Waals surface area contributed by atoms with Crippen molar-refractivity contribution in [2.24, 2.45) is 11.8 Å². The number of hydrogen-bond acceptors (Lipinski definition) is 5. The number of aliphatic hydroxyl groups excluding tert-OH is 1. The minimum atomic E-state index is -0.171. The van der Waals surface area contributed by atoms with E-state index in [0.29, 0.717) is 18.9 Å². The van der Waals surface area contributed by atoms with E-state index in [1.807, 2.05) is 34.6 Å². The lowest BCUT2D eigenvalue weighted by atomic mass is 9.93. The summed E-state index contributed by atoms with van der Waals surface area (Å²) in [5.41, 5.74) is 0. The molecule has 2 heterocycles. The first kappa shape index (κ1) is 26.9. The number of carbonyl (C=O) groups is 2. The third-order valence-corrected chi connectivity index (χ3v) is 3.31. The molecule has 2 aliphatic heterocycles. The predicted molar refractivity (Wildman–Crippen MR) is 94.4 cm³/mol. The molecular formula is C18H38O5. The number of aldehydes is 1. The van der Waals surface area contributed by atoms with Crippen LogP contribution < -0.4 is 0 Å². The monoisotopic (exact) mass is 334 g/mol. The van der Waals surface area contributed by atoms with Crippen LogP contribution in [0.15, 0.2) is 0 Å². The summed E-state index contributed by atoms with van der Waals surface area (Å²) in [6, 6.07) is 0. The molecule has 5 nitrogen and oxygen atoms in total. The SMILES string of the molecule is CC.CC.CC1CC(CC=O)CC(=O)O1.CC1COC1C.CO. The molecule has 2 saturated heterocycles. The molecule has 0 bridgehead atoms. The van der Waals surface area contributed by atoms with Crippen LogP contribution in [0.4, 0.5) is 0 Å². The molecule has 0 amide bonds. The van der Waals surface area contributed by atoms with Crippen LogP contribution in [-0.2, 0) is 19.1 Å². The Balaban J connectivity index is -0.000000282. The number of rotatable bonds is 2. The molecule has 0 aliphatic carbocycles. The van der Waals surface area contributed by atoms with Crippen LogP contribution >= 0.6 is 0 Å². The quantitative estimate of drug-likeness (QED) is 0.617. The Morgan fingerprint density at radius 1 is 1.13 bits per heavy atom. The predicted octanol–water partition coefficient (Wildman–Crippen LogP) is 3.62. The van der Waals surface area contributed by atoms with Gasteiger partial charge in [-0.3, -0.25) is 4.79 Å². The zero-order valence-electron chi connectivity index (χ0n) is 16.3. The third kappa shape index (κ3) is 14.4. The van der Waals surface area contributed by atoms with Crippen molar-refractivity contribution in [3.63, 3.8) is 0 Å². The average Bonchev–Trinajstić information content (AvgIpc) is 2.58. The summed E-state index contributed by atoms with van der Waals surface area (Å²) < 4.78 is 9.95. The van der Waals surface area contributed by atoms with Gasteiger partial charge in [-0.25, -0.2) is 0 Å². The van der Waals surface area contributed by atoms with Crippen molar-refractivity contribution < 1.29 is 24.2 Å². The number of esters is 1. The topological polar surface area (TPSA) is 72.8 Å². The van der Waals surface area contributed by atoms with Gasteiger partial charge in [0.05, 0.1) is 18.8 Å². The first-order valence-corrected chi connectivity index (χ1v) is 8.72. The van der Waals surface area contributed by atoms with Crippen molar-refractivity contribution in [2.75, 3.05) is 13.7 Å². The average molecular weight is 334 g/mol. The van der Waals surface area contributed by atoms with E-state index in [0.717, 1.165) is 32.3 Å². The van der Waals surface area contributed by atoms with Gasteiger partial charge < -0.3 is 19.4 Å². The fourth-order valence-corrected chi connectivity index (χ4v) is 1.91. The van der Waals surface area contributed by atoms with E-state index >= 15 is 0 Å². The molecule has 2 rings (SSSR count). The molecule has 5 heteroatoms. The van der Waals surface area contributed by atoms with Crippen LogP contribution in [0.2, 0.25) is 0 Å². The number of carbonyl (C=O) groups excluding carboxylic acids is 2. The molecule has 1 N–H and O–H groups in total. The maximum Gasteiger partial charge on any atom is 0.306 e. The van der Waals surface area contributed by atoms with Crippen molar-refractivity contribution in [2.45, 2.75) is 79.9 Å². The van der Waals surface area contributed by atoms with Gasteiger partial charge in [0.1, 0.15) is 6.29 Å². The van der Waals surface area contributed by atoms with Crippen LogP contribution in [0.1, 0.15) is 67.7 Å². The molecule has 2 aliphatic rings. The maximum absolute atomic E-state index is 10.8. The number of hydrogen-bond donors (Lipinski definition) is 1. The fourth-order valence-electron chi connectivity index (χ4n) is 1.91. The van der Waals surface area contributed by atoms with Crippen molar-refractivity contribution in [1.29, 1.82) is 0 Å². The van der Waals surface area contributed by atoms with Crippen molar-refractivity contribution in [3.8, 4) is 0 Å². The summed E-state index contributed by atoms with van der Waals surface area (Å²) in [5.74, 6) is 0.851. The highest BCUT2D eigenvalue weighted by Crippen LogP contribution is 2.22. The molecule has 2 fully saturated rings. The summed E-state index contributed by atoms with van der Waals surface area (Å²) >= 11 is 0. The zero-order chi connectivity index (χ0) is 18.8. The molecule has 4 atom stereocenters. The molecule has 0 aromatic carbocycles. The van der Waals surface area contributed by atoms with E-state index in [4.69, 9.17) is 14.6 Å². The van der Waals surface area contributed by atoms with Crippen LogP contribution in [0.3, 0.4) is 0 Å². The highest BCUT2D eigenvalue weighted by molar-refractivity contribution is 5.71. The molecule has 23 heavy (non-hydrogen) atoms. The number of aliphatic hydroxyl groups is 1. The second-order valence-electron chi connectivity index (χ2n) is 5.02. The van der Waals surface area contributed by atoms with Crippen molar-refractivity contribution in [1.82, 2.24) is 0 Å². The largest absolute Gasteiger partial charge is 0.463 e. The Kier molecular flexibility index (Phi) is 22.4. The van der Waals surface area contributed by atoms with Gasteiger partial charge in [0, 0.05) is 25.9 Å². The number of ether oxygens (including phenoxy) is 2. The minimum absolute atomic E-state index is 0.0128. The van der Waals surface area contributed by atoms with Gasteiger partial charge in [0.25, 0.3) is 0 Å². The van der Waals surface area contributed by atoms with Crippen molar-refractivity contribution in [3.05, 3.63) is 0 Å². The van der Waals surface area contributed by atoms with Crippen LogP contribution in [-0.4, -0.2) is 43.3 Å². The van der Waals surface area contributed by atoms with Gasteiger partial charge in [-0.05, 0) is 26.2 Å². The van der Waals surface area contributed by atoms with Gasteiger partial charge in [0.2, 0.25) is 0 Å². The van der Waals surface area contributed by atoms with E-state index in [9.17, 15) is 9.59 Å². The first-order chi connectivity index (χ1) is 11.0. The van der Waals surface area contributed by atoms with Gasteiger partial charge >= 0.3 is 5.97 Å². The summed E-state index contributed by atoms with van der Waals surface area (Å²) in [6.45, 7) is 15.1. The molecule has 0 aromatic rings. The first-order valence-electron chi connectivity index (χ1n) is 8.72. The lowest BCUT2D eigenvalue weighted by Gasteiger charge is -2.30. The molecule has 4 unspecified atom stereocenters. The molecule has 0 spiro atoms. The second-order valence-corrected chi connectivity index (χ2v) is 5.02. The highest BCUT2D eigenvalue weighted by atomic mass is 16.5. The Labute approximate surface area is 142 Å². The van der Waals surface area contributed by atoms with E-state index in [-0.39, 0.29) is 18.0 Å².